The van der Waals surface area contributed by atoms with Crippen LogP contribution < -0.4 is 11.1 Å². The van der Waals surface area contributed by atoms with Crippen molar-refractivity contribution in [1.29, 1.82) is 0 Å². The molecule has 3 aromatic rings. The quantitative estimate of drug-likeness (QED) is 0.712. The molecule has 1 heterocycles. The van der Waals surface area contributed by atoms with Crippen molar-refractivity contribution < 1.29 is 0 Å². The van der Waals surface area contributed by atoms with Crippen LogP contribution in [0.1, 0.15) is 5.56 Å². The highest BCUT2D eigenvalue weighted by Crippen LogP contribution is 2.28. The van der Waals surface area contributed by atoms with Crippen LogP contribution in [0, 0.1) is 0 Å². The van der Waals surface area contributed by atoms with Crippen molar-refractivity contribution in [2.45, 2.75) is 6.54 Å². The van der Waals surface area contributed by atoms with E-state index in [9.17, 15) is 0 Å². The van der Waals surface area contributed by atoms with Gasteiger partial charge in [0.25, 0.3) is 0 Å². The number of nitrogens with zero attached hydrogens (tertiary/aromatic N) is 1. The van der Waals surface area contributed by atoms with Crippen LogP contribution in [0.5, 0.6) is 0 Å². The number of rotatable bonds is 3. The van der Waals surface area contributed by atoms with Gasteiger partial charge in [-0.05, 0) is 29.8 Å². The number of hydrogen-bond acceptors (Lipinski definition) is 3. The second-order valence-corrected chi connectivity index (χ2v) is 5.04. The van der Waals surface area contributed by atoms with Gasteiger partial charge in [-0.15, -0.1) is 0 Å². The molecule has 3 N–H and O–H groups in total. The van der Waals surface area contributed by atoms with E-state index < -0.39 is 0 Å². The summed E-state index contributed by atoms with van der Waals surface area (Å²) in [7, 11) is 0. The molecule has 0 aliphatic carbocycles. The van der Waals surface area contributed by atoms with Gasteiger partial charge in [-0.1, -0.05) is 29.8 Å². The number of nitrogen functional groups attached to an aromatic ring is 1. The molecular weight excluding hydrogens is 270 g/mol. The molecule has 0 unspecified atom stereocenters. The zero-order valence-corrected chi connectivity index (χ0v) is 11.6. The number of fused-ring (bicyclic) bond motifs is 1. The van der Waals surface area contributed by atoms with Gasteiger partial charge >= 0.3 is 0 Å². The molecule has 3 rings (SSSR count). The predicted octanol–water partition coefficient (Wildman–Crippen LogP) is 4.08. The molecule has 0 aliphatic rings. The fraction of sp³-hybridized carbons (Fsp3) is 0.0625. The van der Waals surface area contributed by atoms with Crippen LogP contribution in [0.4, 0.5) is 11.4 Å². The molecule has 100 valence electrons. The normalized spacial score (nSPS) is 10.7. The Morgan fingerprint density at radius 1 is 1.15 bits per heavy atom. The Morgan fingerprint density at radius 2 is 2.05 bits per heavy atom. The van der Waals surface area contributed by atoms with Crippen LogP contribution >= 0.6 is 11.6 Å². The second-order valence-electron chi connectivity index (χ2n) is 4.61. The molecule has 20 heavy (non-hydrogen) atoms. The van der Waals surface area contributed by atoms with Gasteiger partial charge in [-0.2, -0.15) is 0 Å². The summed E-state index contributed by atoms with van der Waals surface area (Å²) in [5, 5.41) is 6.13. The molecule has 0 fully saturated rings. The molecule has 2 aromatic carbocycles. The molecule has 0 radical (unpaired) electrons. The Bertz CT molecular complexity index is 756. The van der Waals surface area contributed by atoms with Gasteiger partial charge in [0.15, 0.2) is 0 Å². The largest absolute Gasteiger partial charge is 0.397 e. The van der Waals surface area contributed by atoms with E-state index in [0.717, 1.165) is 32.7 Å². The molecule has 3 nitrogen and oxygen atoms in total. The van der Waals surface area contributed by atoms with Crippen molar-refractivity contribution >= 4 is 33.7 Å². The zero-order valence-electron chi connectivity index (χ0n) is 10.8. The lowest BCUT2D eigenvalue weighted by molar-refractivity contribution is 1.15. The zero-order chi connectivity index (χ0) is 13.9. The maximum atomic E-state index is 6.20. The summed E-state index contributed by atoms with van der Waals surface area (Å²) in [5.74, 6) is 0. The number of nitrogens with one attached hydrogen (secondary N) is 1. The first-order valence-electron chi connectivity index (χ1n) is 6.34. The fourth-order valence-electron chi connectivity index (χ4n) is 2.19. The summed E-state index contributed by atoms with van der Waals surface area (Å²) >= 11 is 5.98. The molecule has 0 saturated carbocycles. The minimum absolute atomic E-state index is 0.682. The molecule has 0 atom stereocenters. The van der Waals surface area contributed by atoms with Crippen molar-refractivity contribution in [3.8, 4) is 0 Å². The highest BCUT2D eigenvalue weighted by Gasteiger charge is 2.04. The summed E-state index contributed by atoms with van der Waals surface area (Å²) in [6, 6.07) is 13.7. The van der Waals surface area contributed by atoms with E-state index in [1.165, 1.54) is 0 Å². The van der Waals surface area contributed by atoms with E-state index >= 15 is 0 Å². The van der Waals surface area contributed by atoms with Crippen molar-refractivity contribution in [3.05, 3.63) is 65.4 Å². The Morgan fingerprint density at radius 3 is 2.90 bits per heavy atom. The summed E-state index contributed by atoms with van der Waals surface area (Å²) in [6.45, 7) is 0.682. The van der Waals surface area contributed by atoms with Crippen LogP contribution in [0.3, 0.4) is 0 Å². The van der Waals surface area contributed by atoms with E-state index in [4.69, 9.17) is 17.3 Å². The first kappa shape index (κ1) is 12.8. The number of hydrogen-bond donors (Lipinski definition) is 2. The fourth-order valence-corrected chi connectivity index (χ4v) is 2.40. The third kappa shape index (κ3) is 2.53. The first-order chi connectivity index (χ1) is 9.74. The number of benzene rings is 2. The first-order valence-corrected chi connectivity index (χ1v) is 6.72. The molecule has 0 bridgehead atoms. The van der Waals surface area contributed by atoms with Crippen LogP contribution in [-0.4, -0.2) is 4.98 Å². The Labute approximate surface area is 122 Å². The van der Waals surface area contributed by atoms with Gasteiger partial charge in [0.05, 0.1) is 11.4 Å². The monoisotopic (exact) mass is 283 g/mol. The number of pyridine rings is 1. The van der Waals surface area contributed by atoms with Gasteiger partial charge in [-0.25, -0.2) is 0 Å². The van der Waals surface area contributed by atoms with Crippen LogP contribution in [0.15, 0.2) is 54.9 Å². The van der Waals surface area contributed by atoms with Gasteiger partial charge in [-0.3, -0.25) is 4.98 Å². The van der Waals surface area contributed by atoms with E-state index in [1.807, 2.05) is 48.7 Å². The minimum atomic E-state index is 0.682. The van der Waals surface area contributed by atoms with E-state index in [0.29, 0.717) is 6.54 Å². The topological polar surface area (TPSA) is 50.9 Å². The maximum absolute atomic E-state index is 6.20. The Hall–Kier alpha value is -2.26. The molecule has 4 heteroatoms. The smallest absolute Gasteiger partial charge is 0.0630 e. The van der Waals surface area contributed by atoms with Gasteiger partial charge in [0.1, 0.15) is 0 Å². The van der Waals surface area contributed by atoms with Gasteiger partial charge in [0.2, 0.25) is 0 Å². The summed E-state index contributed by atoms with van der Waals surface area (Å²) in [6.07, 6.45) is 3.56. The van der Waals surface area contributed by atoms with Crippen molar-refractivity contribution in [1.82, 2.24) is 4.98 Å². The summed E-state index contributed by atoms with van der Waals surface area (Å²) in [5.41, 5.74) is 8.98. The van der Waals surface area contributed by atoms with Crippen LogP contribution in [0.25, 0.3) is 10.8 Å². The van der Waals surface area contributed by atoms with Gasteiger partial charge < -0.3 is 11.1 Å². The maximum Gasteiger partial charge on any atom is 0.0630 e. The number of aromatic nitrogens is 1. The number of anilines is 2. The average Bonchev–Trinajstić information content (AvgIpc) is 2.47. The van der Waals surface area contributed by atoms with Crippen molar-refractivity contribution in [2.24, 2.45) is 0 Å². The van der Waals surface area contributed by atoms with Crippen LogP contribution in [-0.2, 0) is 6.54 Å². The van der Waals surface area contributed by atoms with Crippen molar-refractivity contribution in [3.63, 3.8) is 0 Å². The highest BCUT2D eigenvalue weighted by atomic mass is 35.5. The molecule has 1 aromatic heterocycles. The highest BCUT2D eigenvalue weighted by molar-refractivity contribution is 6.30. The third-order valence-corrected chi connectivity index (χ3v) is 3.47. The predicted molar refractivity (Wildman–Crippen MR) is 84.9 cm³/mol. The van der Waals surface area contributed by atoms with Gasteiger partial charge in [0, 0.05) is 34.7 Å². The average molecular weight is 284 g/mol. The number of nitrogens with two attached hydrogens (primary N) is 1. The molecule has 0 spiro atoms. The lowest BCUT2D eigenvalue weighted by Crippen LogP contribution is -2.02. The molecule has 0 amide bonds. The lowest BCUT2D eigenvalue weighted by Gasteiger charge is -2.11. The summed E-state index contributed by atoms with van der Waals surface area (Å²) < 4.78 is 0. The van der Waals surface area contributed by atoms with Crippen LogP contribution in [0.2, 0.25) is 5.02 Å². The van der Waals surface area contributed by atoms with E-state index in [1.54, 1.807) is 6.20 Å². The standard InChI is InChI=1S/C16H14ClN3/c17-13-3-1-2-11(8-13)9-20-15-5-4-12-10-19-7-6-14(12)16(15)18/h1-8,10,20H,9,18H2. The minimum Gasteiger partial charge on any atom is -0.397 e. The molecule has 0 aliphatic heterocycles. The second kappa shape index (κ2) is 5.39. The number of halogens is 1. The lowest BCUT2D eigenvalue weighted by atomic mass is 10.1. The molecular formula is C16H14ClN3. The Balaban J connectivity index is 1.86. The summed E-state index contributed by atoms with van der Waals surface area (Å²) in [4.78, 5) is 4.10. The van der Waals surface area contributed by atoms with E-state index in [2.05, 4.69) is 10.3 Å². The molecule has 0 saturated heterocycles. The SMILES string of the molecule is Nc1c(NCc2cccc(Cl)c2)ccc2cnccc12. The third-order valence-electron chi connectivity index (χ3n) is 3.23. The Kier molecular flexibility index (Phi) is 3.44. The van der Waals surface area contributed by atoms with Crippen molar-refractivity contribution in [2.75, 3.05) is 11.1 Å². The van der Waals surface area contributed by atoms with E-state index in [-0.39, 0.29) is 0 Å².